The van der Waals surface area contributed by atoms with Crippen molar-refractivity contribution in [2.45, 2.75) is 33.7 Å². The van der Waals surface area contributed by atoms with Gasteiger partial charge in [0.15, 0.2) is 17.5 Å². The van der Waals surface area contributed by atoms with E-state index in [9.17, 15) is 4.39 Å². The Morgan fingerprint density at radius 2 is 2.11 bits per heavy atom. The van der Waals surface area contributed by atoms with E-state index >= 15 is 0 Å². The summed E-state index contributed by atoms with van der Waals surface area (Å²) in [6, 6.07) is 0.267. The quantitative estimate of drug-likeness (QED) is 0.921. The Balaban J connectivity index is 2.43. The first-order valence-electron chi connectivity index (χ1n) is 6.35. The number of rotatable bonds is 4. The summed E-state index contributed by atoms with van der Waals surface area (Å²) in [5, 5.41) is 7.15. The average Bonchev–Trinajstić information content (AvgIpc) is 2.84. The molecule has 0 radical (unpaired) electrons. The van der Waals surface area contributed by atoms with E-state index in [4.69, 9.17) is 0 Å². The average molecular weight is 263 g/mol. The van der Waals surface area contributed by atoms with Crippen molar-refractivity contribution in [3.8, 4) is 11.4 Å². The van der Waals surface area contributed by atoms with E-state index in [0.29, 0.717) is 18.1 Å². The minimum atomic E-state index is -0.401. The molecule has 0 saturated carbocycles. The van der Waals surface area contributed by atoms with Gasteiger partial charge in [0, 0.05) is 18.8 Å². The third-order valence-electron chi connectivity index (χ3n) is 2.75. The Bertz CT molecular complexity index is 576. The van der Waals surface area contributed by atoms with E-state index in [1.165, 1.54) is 0 Å². The minimum absolute atomic E-state index is 0.238. The summed E-state index contributed by atoms with van der Waals surface area (Å²) in [6.45, 7) is 8.22. The number of hydrogen-bond acceptors (Lipinski definition) is 4. The van der Waals surface area contributed by atoms with Crippen molar-refractivity contribution < 1.29 is 4.39 Å². The number of anilines is 1. The molecule has 0 aliphatic carbocycles. The van der Waals surface area contributed by atoms with Crippen LogP contribution in [-0.4, -0.2) is 26.3 Å². The van der Waals surface area contributed by atoms with Crippen LogP contribution in [0.2, 0.25) is 0 Å². The molecule has 0 aliphatic rings. The van der Waals surface area contributed by atoms with Crippen LogP contribution in [0.25, 0.3) is 11.4 Å². The van der Waals surface area contributed by atoms with Gasteiger partial charge < -0.3 is 5.32 Å². The van der Waals surface area contributed by atoms with Crippen LogP contribution in [0.3, 0.4) is 0 Å². The summed E-state index contributed by atoms with van der Waals surface area (Å²) in [7, 11) is 0. The first kappa shape index (κ1) is 13.5. The maximum atomic E-state index is 13.8. The predicted molar refractivity (Wildman–Crippen MR) is 72.5 cm³/mol. The number of halogens is 1. The van der Waals surface area contributed by atoms with Crippen molar-refractivity contribution in [1.29, 1.82) is 0 Å². The number of hydrogen-bond donors (Lipinski definition) is 1. The predicted octanol–water partition coefficient (Wildman–Crippen LogP) is 2.80. The first-order chi connectivity index (χ1) is 9.02. The van der Waals surface area contributed by atoms with Crippen molar-refractivity contribution >= 4 is 5.82 Å². The van der Waals surface area contributed by atoms with Crippen LogP contribution in [0.15, 0.2) is 12.4 Å². The molecule has 2 rings (SSSR count). The Labute approximate surface area is 111 Å². The van der Waals surface area contributed by atoms with Crippen molar-refractivity contribution in [2.75, 3.05) is 11.9 Å². The van der Waals surface area contributed by atoms with Gasteiger partial charge in [-0.15, -0.1) is 0 Å². The Morgan fingerprint density at radius 3 is 2.68 bits per heavy atom. The molecule has 2 aromatic heterocycles. The summed E-state index contributed by atoms with van der Waals surface area (Å²) in [6.07, 6.45) is 3.56. The van der Waals surface area contributed by atoms with Gasteiger partial charge in [0.1, 0.15) is 0 Å². The van der Waals surface area contributed by atoms with Gasteiger partial charge in [0.25, 0.3) is 0 Å². The smallest absolute Gasteiger partial charge is 0.186 e. The molecule has 0 unspecified atom stereocenters. The van der Waals surface area contributed by atoms with E-state index in [-0.39, 0.29) is 11.9 Å². The molecule has 0 atom stereocenters. The molecule has 5 nitrogen and oxygen atoms in total. The third-order valence-corrected chi connectivity index (χ3v) is 2.75. The highest BCUT2D eigenvalue weighted by molar-refractivity contribution is 5.56. The monoisotopic (exact) mass is 263 g/mol. The van der Waals surface area contributed by atoms with Gasteiger partial charge >= 0.3 is 0 Å². The van der Waals surface area contributed by atoms with Gasteiger partial charge in [-0.25, -0.2) is 14.4 Å². The standard InChI is InChI=1S/C13H18FN5/c1-5-15-13-11(14)9(4)17-12(18-13)10-6-16-19(7-10)8(2)3/h6-8H,5H2,1-4H3,(H,15,17,18). The molecular weight excluding hydrogens is 245 g/mol. The van der Waals surface area contributed by atoms with Crippen LogP contribution in [-0.2, 0) is 0 Å². The summed E-state index contributed by atoms with van der Waals surface area (Å²) in [4.78, 5) is 8.39. The molecule has 1 N–H and O–H groups in total. The molecule has 0 aromatic carbocycles. The SMILES string of the molecule is CCNc1nc(-c2cnn(C(C)C)c2)nc(C)c1F. The van der Waals surface area contributed by atoms with E-state index in [2.05, 4.69) is 20.4 Å². The second-order valence-electron chi connectivity index (χ2n) is 4.63. The lowest BCUT2D eigenvalue weighted by atomic mass is 10.3. The van der Waals surface area contributed by atoms with E-state index in [0.717, 1.165) is 5.56 Å². The third kappa shape index (κ3) is 2.72. The molecule has 0 spiro atoms. The fraction of sp³-hybridized carbons (Fsp3) is 0.462. The molecule has 0 bridgehead atoms. The lowest BCUT2D eigenvalue weighted by Crippen LogP contribution is -2.06. The van der Waals surface area contributed by atoms with Crippen LogP contribution in [0.4, 0.5) is 10.2 Å². The van der Waals surface area contributed by atoms with Crippen molar-refractivity contribution in [3.05, 3.63) is 23.9 Å². The summed E-state index contributed by atoms with van der Waals surface area (Å²) < 4.78 is 15.6. The molecule has 0 saturated heterocycles. The zero-order valence-corrected chi connectivity index (χ0v) is 11.6. The molecule has 0 fully saturated rings. The molecule has 19 heavy (non-hydrogen) atoms. The summed E-state index contributed by atoms with van der Waals surface area (Å²) in [5.74, 6) is 0.325. The second kappa shape index (κ2) is 5.34. The van der Waals surface area contributed by atoms with E-state index in [1.54, 1.807) is 13.1 Å². The van der Waals surface area contributed by atoms with Crippen molar-refractivity contribution in [3.63, 3.8) is 0 Å². The van der Waals surface area contributed by atoms with Crippen molar-refractivity contribution in [1.82, 2.24) is 19.7 Å². The largest absolute Gasteiger partial charge is 0.368 e. The number of aromatic nitrogens is 4. The van der Waals surface area contributed by atoms with Gasteiger partial charge in [0.05, 0.1) is 17.5 Å². The molecule has 2 aromatic rings. The van der Waals surface area contributed by atoms with Gasteiger partial charge in [-0.2, -0.15) is 5.10 Å². The van der Waals surface area contributed by atoms with E-state index in [1.807, 2.05) is 31.6 Å². The zero-order chi connectivity index (χ0) is 14.0. The molecule has 0 aliphatic heterocycles. The molecule has 0 amide bonds. The van der Waals surface area contributed by atoms with Crippen LogP contribution < -0.4 is 5.32 Å². The highest BCUT2D eigenvalue weighted by atomic mass is 19.1. The van der Waals surface area contributed by atoms with Gasteiger partial charge in [0.2, 0.25) is 0 Å². The van der Waals surface area contributed by atoms with Crippen LogP contribution in [0, 0.1) is 12.7 Å². The zero-order valence-electron chi connectivity index (χ0n) is 11.6. The molecule has 2 heterocycles. The fourth-order valence-corrected chi connectivity index (χ4v) is 1.71. The van der Waals surface area contributed by atoms with Gasteiger partial charge in [-0.05, 0) is 27.7 Å². The Kier molecular flexibility index (Phi) is 3.78. The number of aryl methyl sites for hydroxylation is 1. The maximum absolute atomic E-state index is 13.8. The van der Waals surface area contributed by atoms with Crippen LogP contribution >= 0.6 is 0 Å². The summed E-state index contributed by atoms with van der Waals surface area (Å²) in [5.41, 5.74) is 1.12. The number of nitrogens with one attached hydrogen (secondary N) is 1. The molecule has 102 valence electrons. The molecule has 6 heteroatoms. The number of nitrogens with zero attached hydrogens (tertiary/aromatic N) is 4. The van der Waals surface area contributed by atoms with Gasteiger partial charge in [-0.3, -0.25) is 4.68 Å². The lowest BCUT2D eigenvalue weighted by Gasteiger charge is -2.07. The topological polar surface area (TPSA) is 55.6 Å². The minimum Gasteiger partial charge on any atom is -0.368 e. The highest BCUT2D eigenvalue weighted by Crippen LogP contribution is 2.21. The lowest BCUT2D eigenvalue weighted by molar-refractivity contribution is 0.532. The summed E-state index contributed by atoms with van der Waals surface area (Å²) >= 11 is 0. The van der Waals surface area contributed by atoms with Gasteiger partial charge in [-0.1, -0.05) is 0 Å². The first-order valence-corrected chi connectivity index (χ1v) is 6.35. The van der Waals surface area contributed by atoms with Crippen LogP contribution in [0.1, 0.15) is 32.5 Å². The Hall–Kier alpha value is -1.98. The van der Waals surface area contributed by atoms with E-state index < -0.39 is 5.82 Å². The molecular formula is C13H18FN5. The normalized spacial score (nSPS) is 11.1. The maximum Gasteiger partial charge on any atom is 0.186 e. The van der Waals surface area contributed by atoms with Crippen LogP contribution in [0.5, 0.6) is 0 Å². The fourth-order valence-electron chi connectivity index (χ4n) is 1.71. The highest BCUT2D eigenvalue weighted by Gasteiger charge is 2.13. The Morgan fingerprint density at radius 1 is 1.37 bits per heavy atom. The second-order valence-corrected chi connectivity index (χ2v) is 4.63. The van der Waals surface area contributed by atoms with Crippen molar-refractivity contribution in [2.24, 2.45) is 0 Å².